The molecule has 0 spiro atoms. The van der Waals surface area contributed by atoms with Crippen LogP contribution in [0.3, 0.4) is 0 Å². The Bertz CT molecular complexity index is 1270. The third-order valence-electron chi connectivity index (χ3n) is 4.47. The molecule has 1 N–H and O–H groups in total. The first kappa shape index (κ1) is 22.5. The molecule has 3 rings (SSSR count). The zero-order chi connectivity index (χ0) is 23.1. The van der Waals surface area contributed by atoms with E-state index < -0.39 is 27.4 Å². The summed E-state index contributed by atoms with van der Waals surface area (Å²) < 4.78 is 27.4. The van der Waals surface area contributed by atoms with Crippen LogP contribution in [0.2, 0.25) is 0 Å². The maximum Gasteiger partial charge on any atom is 0.271 e. The van der Waals surface area contributed by atoms with Crippen LogP contribution >= 0.6 is 0 Å². The molecule has 162 valence electrons. The minimum atomic E-state index is -4.18. The quantitative estimate of drug-likeness (QED) is 0.412. The summed E-state index contributed by atoms with van der Waals surface area (Å²) in [5.41, 5.74) is 0.884. The highest BCUT2D eigenvalue weighted by Gasteiger charge is 2.28. The van der Waals surface area contributed by atoms with Gasteiger partial charge in [-0.2, -0.15) is 5.26 Å². The first-order valence-electron chi connectivity index (χ1n) is 9.39. The van der Waals surface area contributed by atoms with Crippen LogP contribution in [0.15, 0.2) is 83.8 Å². The molecule has 1 amide bonds. The van der Waals surface area contributed by atoms with E-state index >= 15 is 0 Å². The zero-order valence-corrected chi connectivity index (χ0v) is 17.5. The average Bonchev–Trinajstić information content (AvgIpc) is 2.79. The number of nitrogens with zero attached hydrogens (tertiary/aromatic N) is 3. The highest BCUT2D eigenvalue weighted by molar-refractivity contribution is 7.92. The molecule has 0 atom stereocenters. The Kier molecular flexibility index (Phi) is 6.82. The van der Waals surface area contributed by atoms with Crippen molar-refractivity contribution in [1.82, 2.24) is 0 Å². The lowest BCUT2D eigenvalue weighted by molar-refractivity contribution is -0.384. The number of benzene rings is 3. The van der Waals surface area contributed by atoms with Crippen LogP contribution in [0.5, 0.6) is 0 Å². The third-order valence-corrected chi connectivity index (χ3v) is 6.26. The van der Waals surface area contributed by atoms with Crippen molar-refractivity contribution >= 4 is 33.0 Å². The number of hydrogen-bond acceptors (Lipinski definition) is 6. The number of nitro groups is 1. The monoisotopic (exact) mass is 450 g/mol. The first-order valence-corrected chi connectivity index (χ1v) is 10.8. The fourth-order valence-corrected chi connectivity index (χ4v) is 4.36. The second kappa shape index (κ2) is 9.72. The number of nitriles is 1. The van der Waals surface area contributed by atoms with Gasteiger partial charge in [0.15, 0.2) is 0 Å². The predicted molar refractivity (Wildman–Crippen MR) is 118 cm³/mol. The molecule has 0 saturated carbocycles. The number of sulfonamides is 1. The van der Waals surface area contributed by atoms with Gasteiger partial charge in [-0.1, -0.05) is 36.4 Å². The van der Waals surface area contributed by atoms with Gasteiger partial charge in [0, 0.05) is 17.8 Å². The first-order chi connectivity index (χ1) is 15.3. The van der Waals surface area contributed by atoms with E-state index in [2.05, 4.69) is 5.32 Å². The van der Waals surface area contributed by atoms with E-state index in [0.717, 1.165) is 15.9 Å². The molecule has 0 aromatic heterocycles. The van der Waals surface area contributed by atoms with Gasteiger partial charge in [-0.05, 0) is 35.9 Å². The van der Waals surface area contributed by atoms with E-state index in [-0.39, 0.29) is 22.7 Å². The van der Waals surface area contributed by atoms with E-state index in [4.69, 9.17) is 5.26 Å². The van der Waals surface area contributed by atoms with Crippen LogP contribution in [0.25, 0.3) is 0 Å². The average molecular weight is 450 g/mol. The molecular weight excluding hydrogens is 432 g/mol. The third kappa shape index (κ3) is 5.27. The highest BCUT2D eigenvalue weighted by Crippen LogP contribution is 2.27. The largest absolute Gasteiger partial charge is 0.325 e. The maximum atomic E-state index is 13.3. The summed E-state index contributed by atoms with van der Waals surface area (Å²) in [7, 11) is -4.18. The Morgan fingerprint density at radius 1 is 1.03 bits per heavy atom. The lowest BCUT2D eigenvalue weighted by Gasteiger charge is -2.24. The predicted octanol–water partition coefficient (Wildman–Crippen LogP) is 3.49. The second-order valence-electron chi connectivity index (χ2n) is 6.68. The Balaban J connectivity index is 1.92. The molecule has 0 unspecified atom stereocenters. The molecule has 0 aliphatic carbocycles. The summed E-state index contributed by atoms with van der Waals surface area (Å²) in [5, 5.41) is 22.5. The molecule has 3 aromatic carbocycles. The van der Waals surface area contributed by atoms with E-state index in [1.54, 1.807) is 42.5 Å². The van der Waals surface area contributed by atoms with Crippen molar-refractivity contribution in [3.8, 4) is 6.07 Å². The molecule has 0 radical (unpaired) electrons. The molecule has 3 aromatic rings. The van der Waals surface area contributed by atoms with Crippen molar-refractivity contribution in [3.05, 3.63) is 94.5 Å². The van der Waals surface area contributed by atoms with Crippen LogP contribution in [0, 0.1) is 21.4 Å². The minimum Gasteiger partial charge on any atom is -0.325 e. The highest BCUT2D eigenvalue weighted by atomic mass is 32.2. The van der Waals surface area contributed by atoms with Crippen molar-refractivity contribution < 1.29 is 18.1 Å². The smallest absolute Gasteiger partial charge is 0.271 e. The molecule has 0 fully saturated rings. The van der Waals surface area contributed by atoms with Crippen molar-refractivity contribution in [2.75, 3.05) is 16.2 Å². The summed E-state index contributed by atoms with van der Waals surface area (Å²) in [5.74, 6) is -0.635. The van der Waals surface area contributed by atoms with Gasteiger partial charge in [0.05, 0.1) is 28.0 Å². The number of carbonyl (C=O) groups excluding carboxylic acids is 1. The Morgan fingerprint density at radius 3 is 2.34 bits per heavy atom. The Labute approximate surface area is 184 Å². The van der Waals surface area contributed by atoms with Crippen LogP contribution in [-0.2, 0) is 21.2 Å². The number of rotatable bonds is 8. The van der Waals surface area contributed by atoms with Crippen LogP contribution in [0.1, 0.15) is 5.56 Å². The molecule has 0 saturated heterocycles. The molecular formula is C22H18N4O5S. The van der Waals surface area contributed by atoms with Gasteiger partial charge in [0.2, 0.25) is 5.91 Å². The van der Waals surface area contributed by atoms with E-state index in [1.165, 1.54) is 30.3 Å². The van der Waals surface area contributed by atoms with E-state index in [0.29, 0.717) is 5.69 Å². The van der Waals surface area contributed by atoms with Crippen LogP contribution in [0.4, 0.5) is 17.1 Å². The lowest BCUT2D eigenvalue weighted by Crippen LogP contribution is -2.38. The topological polar surface area (TPSA) is 133 Å². The second-order valence-corrected chi connectivity index (χ2v) is 8.54. The number of hydrogen-bond donors (Lipinski definition) is 1. The SMILES string of the molecule is N#CCc1ccc(NC(=O)CN(c2cccc([N+](=O)[O-])c2)S(=O)(=O)c2ccccc2)cc1. The number of non-ortho nitro benzene ring substituents is 1. The molecule has 9 nitrogen and oxygen atoms in total. The van der Waals surface area contributed by atoms with Crippen molar-refractivity contribution in [2.45, 2.75) is 11.3 Å². The fourth-order valence-electron chi connectivity index (χ4n) is 2.92. The van der Waals surface area contributed by atoms with Gasteiger partial charge < -0.3 is 5.32 Å². The molecule has 0 aliphatic heterocycles. The Morgan fingerprint density at radius 2 is 1.72 bits per heavy atom. The van der Waals surface area contributed by atoms with Gasteiger partial charge >= 0.3 is 0 Å². The number of nitro benzene ring substituents is 1. The van der Waals surface area contributed by atoms with Gasteiger partial charge in [0.25, 0.3) is 15.7 Å². The van der Waals surface area contributed by atoms with Gasteiger partial charge in [-0.3, -0.25) is 19.2 Å². The summed E-state index contributed by atoms with van der Waals surface area (Å²) in [6.45, 7) is -0.599. The normalized spacial score (nSPS) is 10.7. The molecule has 0 aliphatic rings. The molecule has 32 heavy (non-hydrogen) atoms. The zero-order valence-electron chi connectivity index (χ0n) is 16.7. The van der Waals surface area contributed by atoms with E-state index in [1.807, 2.05) is 6.07 Å². The van der Waals surface area contributed by atoms with Crippen molar-refractivity contribution in [1.29, 1.82) is 5.26 Å². The number of carbonyl (C=O) groups is 1. The van der Waals surface area contributed by atoms with Gasteiger partial charge in [0.1, 0.15) is 6.54 Å². The maximum absolute atomic E-state index is 13.3. The fraction of sp³-hybridized carbons (Fsp3) is 0.0909. The van der Waals surface area contributed by atoms with Crippen LogP contribution < -0.4 is 9.62 Å². The number of anilines is 2. The summed E-state index contributed by atoms with van der Waals surface area (Å²) in [4.78, 5) is 23.2. The van der Waals surface area contributed by atoms with Gasteiger partial charge in [-0.25, -0.2) is 8.42 Å². The van der Waals surface area contributed by atoms with Crippen molar-refractivity contribution in [2.24, 2.45) is 0 Å². The van der Waals surface area contributed by atoms with E-state index in [9.17, 15) is 23.3 Å². The minimum absolute atomic E-state index is 0.0115. The van der Waals surface area contributed by atoms with Crippen LogP contribution in [-0.4, -0.2) is 25.8 Å². The number of amides is 1. The summed E-state index contributed by atoms with van der Waals surface area (Å²) in [6.07, 6.45) is 0.226. The number of nitrogens with one attached hydrogen (secondary N) is 1. The molecule has 0 bridgehead atoms. The standard InChI is InChI=1S/C22H18N4O5S/c23-14-13-17-9-11-18(12-10-17)24-22(27)16-25(19-5-4-6-20(15-19)26(28)29)32(30,31)21-7-2-1-3-8-21/h1-12,15H,13,16H2,(H,24,27). The molecule has 0 heterocycles. The molecule has 10 heteroatoms. The lowest BCUT2D eigenvalue weighted by atomic mass is 10.1. The Hall–Kier alpha value is -4.23. The van der Waals surface area contributed by atoms with Gasteiger partial charge in [-0.15, -0.1) is 0 Å². The summed E-state index contributed by atoms with van der Waals surface area (Å²) in [6, 6.07) is 21.2. The summed E-state index contributed by atoms with van der Waals surface area (Å²) >= 11 is 0. The van der Waals surface area contributed by atoms with Crippen molar-refractivity contribution in [3.63, 3.8) is 0 Å².